The Hall–Kier alpha value is -2.50. The predicted octanol–water partition coefficient (Wildman–Crippen LogP) is -0.904. The molecule has 0 unspecified atom stereocenters. The molecule has 48 heavy (non-hydrogen) atoms. The standard InChI is InChI=1S/C33H59N5O10/c1-28(39)22-35-8-10-36(23-29(2)40)12-14-38(15-13-37(11-9-35)24-30(3)41)25-32(43)6-5-16-45-18-21-48-27-33(44)34-7-17-46-19-20-47-26-31(4)42/h5-27H2,1-4H3,(H,34,44). The fourth-order valence-electron chi connectivity index (χ4n) is 4.99. The molecule has 0 atom stereocenters. The van der Waals surface area contributed by atoms with E-state index in [0.717, 1.165) is 0 Å². The van der Waals surface area contributed by atoms with E-state index in [0.29, 0.717) is 124 Å². The SMILES string of the molecule is CC(=O)COCCOCCNC(=O)COCCOCCCC(=O)CN1CCN(CC(C)=O)CCN(CC(C)=O)CCN(CC(C)=O)CC1. The molecule has 0 aromatic rings. The maximum Gasteiger partial charge on any atom is 0.246 e. The first-order valence-corrected chi connectivity index (χ1v) is 16.9. The molecule has 15 heteroatoms. The highest BCUT2D eigenvalue weighted by Gasteiger charge is 2.20. The molecule has 1 N–H and O–H groups in total. The third-order valence-corrected chi connectivity index (χ3v) is 7.26. The number of amides is 1. The summed E-state index contributed by atoms with van der Waals surface area (Å²) in [5, 5.41) is 2.68. The topological polar surface area (TPSA) is 164 Å². The summed E-state index contributed by atoms with van der Waals surface area (Å²) in [6.07, 6.45) is 0.921. The molecule has 1 aliphatic rings. The van der Waals surface area contributed by atoms with E-state index in [4.69, 9.17) is 18.9 Å². The van der Waals surface area contributed by atoms with E-state index in [1.54, 1.807) is 20.8 Å². The van der Waals surface area contributed by atoms with Gasteiger partial charge in [0.1, 0.15) is 36.3 Å². The van der Waals surface area contributed by atoms with Crippen molar-refractivity contribution in [1.29, 1.82) is 0 Å². The zero-order valence-electron chi connectivity index (χ0n) is 29.6. The third-order valence-electron chi connectivity index (χ3n) is 7.26. The van der Waals surface area contributed by atoms with Crippen LogP contribution in [0.1, 0.15) is 40.5 Å². The second-order valence-electron chi connectivity index (χ2n) is 12.2. The van der Waals surface area contributed by atoms with Crippen molar-refractivity contribution in [2.24, 2.45) is 0 Å². The molecule has 276 valence electrons. The van der Waals surface area contributed by atoms with Crippen molar-refractivity contribution in [3.8, 4) is 0 Å². The van der Waals surface area contributed by atoms with Crippen molar-refractivity contribution in [3.05, 3.63) is 0 Å². The van der Waals surface area contributed by atoms with Gasteiger partial charge < -0.3 is 24.3 Å². The average Bonchev–Trinajstić information content (AvgIpc) is 3.00. The highest BCUT2D eigenvalue weighted by Crippen LogP contribution is 2.03. The van der Waals surface area contributed by atoms with Crippen LogP contribution in [0.2, 0.25) is 0 Å². The molecule has 15 nitrogen and oxygen atoms in total. The number of hydrogen-bond donors (Lipinski definition) is 1. The van der Waals surface area contributed by atoms with Crippen LogP contribution >= 0.6 is 0 Å². The summed E-state index contributed by atoms with van der Waals surface area (Å²) in [7, 11) is 0. The van der Waals surface area contributed by atoms with Crippen LogP contribution in [0.3, 0.4) is 0 Å². The molecule has 1 rings (SSSR count). The zero-order valence-corrected chi connectivity index (χ0v) is 29.6. The number of ether oxygens (including phenoxy) is 4. The van der Waals surface area contributed by atoms with Gasteiger partial charge in [0.05, 0.1) is 59.2 Å². The van der Waals surface area contributed by atoms with Gasteiger partial charge in [0.2, 0.25) is 5.91 Å². The number of Topliss-reactive ketones (excluding diaryl/α,β-unsaturated/α-hetero) is 5. The summed E-state index contributed by atoms with van der Waals surface area (Å²) in [6, 6.07) is 0. The number of nitrogens with one attached hydrogen (secondary N) is 1. The van der Waals surface area contributed by atoms with Gasteiger partial charge in [-0.15, -0.1) is 0 Å². The molecule has 0 spiro atoms. The van der Waals surface area contributed by atoms with Gasteiger partial charge in [-0.05, 0) is 34.1 Å². The Morgan fingerprint density at radius 2 is 0.875 bits per heavy atom. The molecule has 0 radical (unpaired) electrons. The molecule has 1 fully saturated rings. The molecule has 0 bridgehead atoms. The van der Waals surface area contributed by atoms with Gasteiger partial charge in [-0.2, -0.15) is 0 Å². The first kappa shape index (κ1) is 43.5. The monoisotopic (exact) mass is 685 g/mol. The Bertz CT molecular complexity index is 950. The van der Waals surface area contributed by atoms with Gasteiger partial charge >= 0.3 is 0 Å². The van der Waals surface area contributed by atoms with E-state index in [1.807, 2.05) is 0 Å². The average molecular weight is 686 g/mol. The van der Waals surface area contributed by atoms with Crippen LogP contribution in [0.25, 0.3) is 0 Å². The molecule has 1 aliphatic heterocycles. The summed E-state index contributed by atoms with van der Waals surface area (Å²) < 4.78 is 21.3. The third kappa shape index (κ3) is 25.5. The Labute approximate surface area is 285 Å². The summed E-state index contributed by atoms with van der Waals surface area (Å²) in [6.45, 7) is 14.6. The maximum atomic E-state index is 12.9. The molecular formula is C33H59N5O10. The number of nitrogens with zero attached hydrogens (tertiary/aromatic N) is 4. The fourth-order valence-corrected chi connectivity index (χ4v) is 4.99. The summed E-state index contributed by atoms with van der Waals surface area (Å²) in [5.41, 5.74) is 0. The Kier molecular flexibility index (Phi) is 24.8. The lowest BCUT2D eigenvalue weighted by Gasteiger charge is -2.33. The van der Waals surface area contributed by atoms with Gasteiger partial charge in [0.15, 0.2) is 5.78 Å². The minimum absolute atomic E-state index is 0.0442. The smallest absolute Gasteiger partial charge is 0.246 e. The van der Waals surface area contributed by atoms with Crippen LogP contribution in [0.15, 0.2) is 0 Å². The largest absolute Gasteiger partial charge is 0.379 e. The Morgan fingerprint density at radius 1 is 0.479 bits per heavy atom. The van der Waals surface area contributed by atoms with Crippen molar-refractivity contribution >= 4 is 34.8 Å². The van der Waals surface area contributed by atoms with Gasteiger partial charge in [-0.25, -0.2) is 0 Å². The lowest BCUT2D eigenvalue weighted by Crippen LogP contribution is -2.48. The van der Waals surface area contributed by atoms with Crippen LogP contribution < -0.4 is 5.32 Å². The van der Waals surface area contributed by atoms with Crippen LogP contribution in [0.4, 0.5) is 0 Å². The molecule has 1 heterocycles. The molecule has 0 saturated carbocycles. The van der Waals surface area contributed by atoms with Crippen LogP contribution in [0.5, 0.6) is 0 Å². The van der Waals surface area contributed by atoms with E-state index >= 15 is 0 Å². The molecular weight excluding hydrogens is 626 g/mol. The van der Waals surface area contributed by atoms with Crippen molar-refractivity contribution in [3.63, 3.8) is 0 Å². The first-order valence-electron chi connectivity index (χ1n) is 16.9. The van der Waals surface area contributed by atoms with Crippen LogP contribution in [-0.2, 0) is 47.7 Å². The molecule has 0 aromatic heterocycles. The van der Waals surface area contributed by atoms with E-state index in [1.165, 1.54) is 6.92 Å². The van der Waals surface area contributed by atoms with E-state index < -0.39 is 0 Å². The molecule has 1 amide bonds. The molecule has 0 aliphatic carbocycles. The zero-order chi connectivity index (χ0) is 35.6. The highest BCUT2D eigenvalue weighted by molar-refractivity contribution is 5.80. The number of carbonyl (C=O) groups excluding carboxylic acids is 6. The van der Waals surface area contributed by atoms with Gasteiger partial charge in [0.25, 0.3) is 0 Å². The lowest BCUT2D eigenvalue weighted by atomic mass is 10.2. The predicted molar refractivity (Wildman–Crippen MR) is 179 cm³/mol. The van der Waals surface area contributed by atoms with E-state index in [-0.39, 0.29) is 61.2 Å². The normalized spacial score (nSPS) is 16.2. The highest BCUT2D eigenvalue weighted by atomic mass is 16.5. The summed E-state index contributed by atoms with van der Waals surface area (Å²) >= 11 is 0. The lowest BCUT2D eigenvalue weighted by molar-refractivity contribution is -0.127. The van der Waals surface area contributed by atoms with Crippen molar-refractivity contribution in [2.75, 3.05) is 138 Å². The van der Waals surface area contributed by atoms with Gasteiger partial charge in [0, 0.05) is 71.9 Å². The first-order chi connectivity index (χ1) is 22.9. The van der Waals surface area contributed by atoms with Gasteiger partial charge in [-0.1, -0.05) is 0 Å². The minimum Gasteiger partial charge on any atom is -0.379 e. The maximum absolute atomic E-state index is 12.9. The number of hydrogen-bond acceptors (Lipinski definition) is 14. The molecule has 1 saturated heterocycles. The minimum atomic E-state index is -0.262. The van der Waals surface area contributed by atoms with Crippen molar-refractivity contribution in [2.45, 2.75) is 40.5 Å². The van der Waals surface area contributed by atoms with Gasteiger partial charge in [-0.3, -0.25) is 48.4 Å². The van der Waals surface area contributed by atoms with Crippen molar-refractivity contribution < 1.29 is 47.7 Å². The number of carbonyl (C=O) groups is 6. The summed E-state index contributed by atoms with van der Waals surface area (Å²) in [5.74, 6) is -0.00542. The Balaban J connectivity index is 2.37. The van der Waals surface area contributed by atoms with E-state index in [2.05, 4.69) is 24.9 Å². The quantitative estimate of drug-likeness (QED) is 0.118. The number of ketones is 5. The number of rotatable bonds is 25. The Morgan fingerprint density at radius 3 is 1.31 bits per heavy atom. The van der Waals surface area contributed by atoms with Crippen LogP contribution in [-0.4, -0.2) is 192 Å². The summed E-state index contributed by atoms with van der Waals surface area (Å²) in [4.78, 5) is 79.5. The molecule has 0 aromatic carbocycles. The second-order valence-corrected chi connectivity index (χ2v) is 12.2. The van der Waals surface area contributed by atoms with Crippen LogP contribution in [0, 0.1) is 0 Å². The second kappa shape index (κ2) is 27.3. The fraction of sp³-hybridized carbons (Fsp3) is 0.818. The van der Waals surface area contributed by atoms with Crippen molar-refractivity contribution in [1.82, 2.24) is 24.9 Å². The van der Waals surface area contributed by atoms with E-state index in [9.17, 15) is 28.8 Å².